The number of ether oxygens (including phenoxy) is 1. The van der Waals surface area contributed by atoms with Crippen molar-refractivity contribution in [3.8, 4) is 5.88 Å². The van der Waals surface area contributed by atoms with E-state index in [-0.39, 0.29) is 0 Å². The molecule has 94 valence electrons. The Labute approximate surface area is 102 Å². The van der Waals surface area contributed by atoms with Gasteiger partial charge in [0.2, 0.25) is 5.88 Å². The molecule has 0 bridgehead atoms. The van der Waals surface area contributed by atoms with Crippen molar-refractivity contribution >= 4 is 5.69 Å². The predicted octanol–water partition coefficient (Wildman–Crippen LogP) is 2.20. The summed E-state index contributed by atoms with van der Waals surface area (Å²) in [6.45, 7) is 0.598. The summed E-state index contributed by atoms with van der Waals surface area (Å²) in [5.41, 5.74) is 0.378. The average molecular weight is 236 g/mol. The van der Waals surface area contributed by atoms with Crippen molar-refractivity contribution in [3.05, 3.63) is 18.3 Å². The molecule has 4 heteroatoms. The highest BCUT2D eigenvalue weighted by Crippen LogP contribution is 2.28. The Bertz CT molecular complexity index is 345. The standard InChI is InChI=1S/C13H20N2O2/c1-17-12-6-5-11(9-14-12)15-10-13(16)7-3-2-4-8-13/h5-6,9,15-16H,2-4,7-8,10H2,1H3. The Morgan fingerprint density at radius 1 is 1.35 bits per heavy atom. The first-order valence-corrected chi connectivity index (χ1v) is 6.18. The molecule has 0 spiro atoms. The summed E-state index contributed by atoms with van der Waals surface area (Å²) in [4.78, 5) is 4.12. The minimum Gasteiger partial charge on any atom is -0.481 e. The highest BCUT2D eigenvalue weighted by atomic mass is 16.5. The zero-order valence-corrected chi connectivity index (χ0v) is 10.3. The van der Waals surface area contributed by atoms with Crippen LogP contribution < -0.4 is 10.1 Å². The zero-order chi connectivity index (χ0) is 12.1. The molecule has 1 fully saturated rings. The van der Waals surface area contributed by atoms with E-state index < -0.39 is 5.60 Å². The fourth-order valence-corrected chi connectivity index (χ4v) is 2.26. The van der Waals surface area contributed by atoms with E-state index in [4.69, 9.17) is 4.74 Å². The van der Waals surface area contributed by atoms with Gasteiger partial charge in [-0.1, -0.05) is 19.3 Å². The summed E-state index contributed by atoms with van der Waals surface area (Å²) in [6.07, 6.45) is 7.00. The van der Waals surface area contributed by atoms with Crippen LogP contribution in [0, 0.1) is 0 Å². The number of hydrogen-bond acceptors (Lipinski definition) is 4. The third-order valence-electron chi connectivity index (χ3n) is 3.35. The average Bonchev–Trinajstić information content (AvgIpc) is 2.38. The third kappa shape index (κ3) is 3.33. The molecule has 1 aromatic heterocycles. The van der Waals surface area contributed by atoms with Gasteiger partial charge in [-0.25, -0.2) is 4.98 Å². The van der Waals surface area contributed by atoms with Crippen LogP contribution in [0.5, 0.6) is 5.88 Å². The summed E-state index contributed by atoms with van der Waals surface area (Å²) in [5.74, 6) is 0.604. The molecule has 0 unspecified atom stereocenters. The maximum absolute atomic E-state index is 10.3. The van der Waals surface area contributed by atoms with Crippen molar-refractivity contribution in [3.63, 3.8) is 0 Å². The van der Waals surface area contributed by atoms with Crippen LogP contribution in [-0.4, -0.2) is 29.3 Å². The highest BCUT2D eigenvalue weighted by molar-refractivity contribution is 5.42. The van der Waals surface area contributed by atoms with E-state index in [0.717, 1.165) is 31.4 Å². The molecule has 2 N–H and O–H groups in total. The van der Waals surface area contributed by atoms with Gasteiger partial charge in [0.25, 0.3) is 0 Å². The number of aliphatic hydroxyl groups is 1. The molecule has 4 nitrogen and oxygen atoms in total. The second kappa shape index (κ2) is 5.36. The van der Waals surface area contributed by atoms with Gasteiger partial charge >= 0.3 is 0 Å². The second-order valence-electron chi connectivity index (χ2n) is 4.73. The molecule has 0 aromatic carbocycles. The molecule has 1 saturated carbocycles. The molecule has 2 rings (SSSR count). The summed E-state index contributed by atoms with van der Waals surface area (Å²) in [5, 5.41) is 13.6. The van der Waals surface area contributed by atoms with Crippen molar-refractivity contribution in [1.82, 2.24) is 4.98 Å². The third-order valence-corrected chi connectivity index (χ3v) is 3.35. The molecular weight excluding hydrogens is 216 g/mol. The molecule has 0 atom stereocenters. The van der Waals surface area contributed by atoms with Gasteiger partial charge in [-0.05, 0) is 18.9 Å². The molecule has 0 radical (unpaired) electrons. The van der Waals surface area contributed by atoms with Gasteiger partial charge in [-0.2, -0.15) is 0 Å². The van der Waals surface area contributed by atoms with Gasteiger partial charge in [0.1, 0.15) is 0 Å². The first-order valence-electron chi connectivity index (χ1n) is 6.18. The number of aromatic nitrogens is 1. The number of pyridine rings is 1. The number of hydrogen-bond donors (Lipinski definition) is 2. The number of rotatable bonds is 4. The maximum Gasteiger partial charge on any atom is 0.213 e. The van der Waals surface area contributed by atoms with Crippen LogP contribution in [-0.2, 0) is 0 Å². The molecular formula is C13H20N2O2. The maximum atomic E-state index is 10.3. The highest BCUT2D eigenvalue weighted by Gasteiger charge is 2.28. The molecule has 1 heterocycles. The van der Waals surface area contributed by atoms with Gasteiger partial charge in [0.15, 0.2) is 0 Å². The molecule has 0 aliphatic heterocycles. The topological polar surface area (TPSA) is 54.4 Å². The summed E-state index contributed by atoms with van der Waals surface area (Å²) < 4.78 is 5.00. The molecule has 1 aromatic rings. The van der Waals surface area contributed by atoms with Crippen LogP contribution in [0.25, 0.3) is 0 Å². The smallest absolute Gasteiger partial charge is 0.213 e. The van der Waals surface area contributed by atoms with E-state index in [0.29, 0.717) is 12.4 Å². The van der Waals surface area contributed by atoms with Gasteiger partial charge in [-0.15, -0.1) is 0 Å². The zero-order valence-electron chi connectivity index (χ0n) is 10.3. The lowest BCUT2D eigenvalue weighted by atomic mass is 9.85. The normalized spacial score (nSPS) is 18.7. The van der Waals surface area contributed by atoms with Crippen molar-refractivity contribution in [2.45, 2.75) is 37.7 Å². The Morgan fingerprint density at radius 3 is 2.71 bits per heavy atom. The summed E-state index contributed by atoms with van der Waals surface area (Å²) >= 11 is 0. The van der Waals surface area contributed by atoms with Crippen molar-refractivity contribution in [2.75, 3.05) is 19.0 Å². The molecule has 0 amide bonds. The van der Waals surface area contributed by atoms with Crippen LogP contribution in [0.15, 0.2) is 18.3 Å². The Balaban J connectivity index is 1.87. The lowest BCUT2D eigenvalue weighted by Gasteiger charge is -2.32. The lowest BCUT2D eigenvalue weighted by Crippen LogP contribution is -2.38. The van der Waals surface area contributed by atoms with E-state index in [9.17, 15) is 5.11 Å². The number of nitrogens with zero attached hydrogens (tertiary/aromatic N) is 1. The largest absolute Gasteiger partial charge is 0.481 e. The van der Waals surface area contributed by atoms with Crippen LogP contribution in [0.1, 0.15) is 32.1 Å². The van der Waals surface area contributed by atoms with E-state index in [2.05, 4.69) is 10.3 Å². The number of nitrogens with one attached hydrogen (secondary N) is 1. The first-order chi connectivity index (χ1) is 8.22. The number of anilines is 1. The first kappa shape index (κ1) is 12.2. The van der Waals surface area contributed by atoms with Crippen molar-refractivity contribution in [2.24, 2.45) is 0 Å². The fraction of sp³-hybridized carbons (Fsp3) is 0.615. The molecule has 0 saturated heterocycles. The molecule has 1 aliphatic carbocycles. The van der Waals surface area contributed by atoms with Crippen LogP contribution in [0.3, 0.4) is 0 Å². The minimum absolute atomic E-state index is 0.543. The number of methoxy groups -OCH3 is 1. The van der Waals surface area contributed by atoms with Crippen LogP contribution in [0.4, 0.5) is 5.69 Å². The van der Waals surface area contributed by atoms with Crippen molar-refractivity contribution in [1.29, 1.82) is 0 Å². The van der Waals surface area contributed by atoms with Crippen molar-refractivity contribution < 1.29 is 9.84 Å². The van der Waals surface area contributed by atoms with Gasteiger partial charge in [0.05, 0.1) is 24.6 Å². The summed E-state index contributed by atoms with van der Waals surface area (Å²) in [7, 11) is 1.60. The molecule has 1 aliphatic rings. The molecule has 17 heavy (non-hydrogen) atoms. The van der Waals surface area contributed by atoms with E-state index in [1.54, 1.807) is 13.3 Å². The Hall–Kier alpha value is -1.29. The Morgan fingerprint density at radius 2 is 2.12 bits per heavy atom. The summed E-state index contributed by atoms with van der Waals surface area (Å²) in [6, 6.07) is 3.73. The van der Waals surface area contributed by atoms with Gasteiger partial charge in [-0.3, -0.25) is 0 Å². The predicted molar refractivity (Wildman–Crippen MR) is 67.3 cm³/mol. The SMILES string of the molecule is COc1ccc(NCC2(O)CCCCC2)cn1. The quantitative estimate of drug-likeness (QED) is 0.841. The lowest BCUT2D eigenvalue weighted by molar-refractivity contribution is 0.0167. The minimum atomic E-state index is -0.543. The van der Waals surface area contributed by atoms with Gasteiger partial charge < -0.3 is 15.2 Å². The van der Waals surface area contributed by atoms with E-state index in [1.165, 1.54) is 6.42 Å². The van der Waals surface area contributed by atoms with E-state index >= 15 is 0 Å². The Kier molecular flexibility index (Phi) is 3.84. The second-order valence-corrected chi connectivity index (χ2v) is 4.73. The van der Waals surface area contributed by atoms with Crippen LogP contribution in [0.2, 0.25) is 0 Å². The fourth-order valence-electron chi connectivity index (χ4n) is 2.26. The van der Waals surface area contributed by atoms with E-state index in [1.807, 2.05) is 12.1 Å². The van der Waals surface area contributed by atoms with Gasteiger partial charge in [0, 0.05) is 12.6 Å². The monoisotopic (exact) mass is 236 g/mol. The van der Waals surface area contributed by atoms with Crippen LogP contribution >= 0.6 is 0 Å².